The zero-order valence-corrected chi connectivity index (χ0v) is 3.00. The summed E-state index contributed by atoms with van der Waals surface area (Å²) in [7, 11) is 0. The lowest BCUT2D eigenvalue weighted by molar-refractivity contribution is -0.176. The first-order valence-electron chi connectivity index (χ1n) is 0.400. The topological polar surface area (TPSA) is 147 Å². The van der Waals surface area contributed by atoms with Crippen LogP contribution >= 0.6 is 0 Å². The molecule has 0 radical (unpaired) electrons. The first-order chi connectivity index (χ1) is 2.00. The lowest BCUT2D eigenvalue weighted by Gasteiger charge is -1.25. The molecule has 0 atom stereocenters. The highest BCUT2D eigenvalue weighted by Crippen LogP contribution is 0.713. The van der Waals surface area contributed by atoms with Crippen molar-refractivity contribution >= 4 is 0 Å². The largest absolute Gasteiger partial charge is 0.412 e. The Bertz CT molecular complexity index is 3.90. The molecule has 0 fully saturated rings. The van der Waals surface area contributed by atoms with Crippen LogP contribution in [0.4, 0.5) is 0 Å². The van der Waals surface area contributed by atoms with Gasteiger partial charge in [-0.1, -0.05) is 0 Å². The zero-order valence-electron chi connectivity index (χ0n) is 3.00. The van der Waals surface area contributed by atoms with Gasteiger partial charge in [-0.3, -0.25) is 21.0 Å². The molecule has 0 amide bonds. The quantitative estimate of drug-likeness (QED) is 0.204. The Morgan fingerprint density at radius 2 is 0.667 bits per heavy atom. The maximum atomic E-state index is 6.00. The van der Waals surface area contributed by atoms with Crippen LogP contribution in [0.5, 0.6) is 0 Å². The molecule has 0 saturated carbocycles. The van der Waals surface area contributed by atoms with E-state index >= 15 is 0 Å². The summed E-state index contributed by atoms with van der Waals surface area (Å²) in [6.07, 6.45) is 0. The molecular formula is H9NO5. The normalized spacial score (nSPS) is 2.00. The molecule has 0 aliphatic carbocycles. The summed E-state index contributed by atoms with van der Waals surface area (Å²) in [6, 6.07) is 0. The summed E-state index contributed by atoms with van der Waals surface area (Å²) < 4.78 is 0. The number of hydrogen-bond acceptors (Lipinski definition) is 5. The van der Waals surface area contributed by atoms with E-state index in [0.29, 0.717) is 0 Å². The van der Waals surface area contributed by atoms with E-state index in [-0.39, 0.29) is 11.6 Å². The minimum Gasteiger partial charge on any atom is -0.412 e. The van der Waals surface area contributed by atoms with Crippen molar-refractivity contribution in [2.75, 3.05) is 0 Å². The standard InChI is InChI=1S/H3N.2H2O2.H2O/c;2*1-2;/h1H3;2*1-2H;1H2. The summed E-state index contributed by atoms with van der Waals surface area (Å²) >= 11 is 0. The molecule has 0 spiro atoms. The van der Waals surface area contributed by atoms with E-state index in [9.17, 15) is 0 Å². The van der Waals surface area contributed by atoms with Gasteiger partial charge in [-0.05, 0) is 0 Å². The summed E-state index contributed by atoms with van der Waals surface area (Å²) in [4.78, 5) is 0. The second-order valence-electron chi connectivity index (χ2n) is 0. The predicted molar refractivity (Wildman–Crippen MR) is 19.2 cm³/mol. The van der Waals surface area contributed by atoms with Crippen molar-refractivity contribution in [3.05, 3.63) is 0 Å². The average Bonchev–Trinajstić information content (AvgIpc) is 1.50. The van der Waals surface area contributed by atoms with E-state index in [1.807, 2.05) is 0 Å². The van der Waals surface area contributed by atoms with E-state index in [0.717, 1.165) is 0 Å². The average molecular weight is 103 g/mol. The molecular weight excluding hydrogens is 94.0 g/mol. The highest BCUT2D eigenvalue weighted by molar-refractivity contribution is 2.13. The van der Waals surface area contributed by atoms with Crippen LogP contribution in [0.1, 0.15) is 0 Å². The van der Waals surface area contributed by atoms with Gasteiger partial charge < -0.3 is 11.6 Å². The fourth-order valence-electron chi connectivity index (χ4n) is 0. The molecule has 0 aromatic heterocycles. The third-order valence-electron chi connectivity index (χ3n) is 0. The van der Waals surface area contributed by atoms with Crippen LogP contribution in [0.3, 0.4) is 0 Å². The van der Waals surface area contributed by atoms with Crippen molar-refractivity contribution in [1.29, 1.82) is 0 Å². The molecule has 0 aromatic rings. The second-order valence-corrected chi connectivity index (χ2v) is 0. The van der Waals surface area contributed by atoms with E-state index in [1.165, 1.54) is 0 Å². The summed E-state index contributed by atoms with van der Waals surface area (Å²) in [5.41, 5.74) is 0. The molecule has 0 unspecified atom stereocenters. The van der Waals surface area contributed by atoms with E-state index in [4.69, 9.17) is 21.0 Å². The van der Waals surface area contributed by atoms with Gasteiger partial charge in [0, 0.05) is 0 Å². The van der Waals surface area contributed by atoms with Crippen LogP contribution in [0.25, 0.3) is 0 Å². The minimum absolute atomic E-state index is 0. The van der Waals surface area contributed by atoms with E-state index in [1.54, 1.807) is 0 Å². The molecule has 0 aliphatic rings. The van der Waals surface area contributed by atoms with Crippen molar-refractivity contribution in [3.8, 4) is 0 Å². The second kappa shape index (κ2) is 1170. The Morgan fingerprint density at radius 3 is 0.667 bits per heavy atom. The van der Waals surface area contributed by atoms with Gasteiger partial charge in [-0.25, -0.2) is 0 Å². The molecule has 9 N–H and O–H groups in total. The van der Waals surface area contributed by atoms with Crippen LogP contribution < -0.4 is 6.15 Å². The molecule has 0 rings (SSSR count). The molecule has 6 nitrogen and oxygen atoms in total. The van der Waals surface area contributed by atoms with Gasteiger partial charge in [0.2, 0.25) is 0 Å². The maximum absolute atomic E-state index is 6.00. The molecule has 0 bridgehead atoms. The van der Waals surface area contributed by atoms with Crippen LogP contribution in [0.2, 0.25) is 0 Å². The smallest absolute Gasteiger partial charge is 0.255 e. The Balaban J connectivity index is -0.00000000500. The first kappa shape index (κ1) is 42.1. The van der Waals surface area contributed by atoms with Crippen molar-refractivity contribution in [1.82, 2.24) is 6.15 Å². The van der Waals surface area contributed by atoms with Crippen molar-refractivity contribution < 1.29 is 26.5 Å². The zero-order chi connectivity index (χ0) is 4.00. The molecule has 0 aliphatic heterocycles. The van der Waals surface area contributed by atoms with Crippen molar-refractivity contribution in [2.24, 2.45) is 0 Å². The third kappa shape index (κ3) is 497. The summed E-state index contributed by atoms with van der Waals surface area (Å²) in [5, 5.41) is 24.0. The number of rotatable bonds is 0. The Hall–Kier alpha value is -0.240. The van der Waals surface area contributed by atoms with Gasteiger partial charge in [0.05, 0.1) is 0 Å². The fraction of sp³-hybridized carbons (Fsp3) is 0. The molecule has 6 heavy (non-hydrogen) atoms. The Labute approximate surface area is 34.0 Å². The molecule has 0 saturated heterocycles. The summed E-state index contributed by atoms with van der Waals surface area (Å²) in [6.45, 7) is 0. The van der Waals surface area contributed by atoms with Crippen LogP contribution in [-0.4, -0.2) is 26.5 Å². The fourth-order valence-corrected chi connectivity index (χ4v) is 0. The molecule has 44 valence electrons. The molecule has 0 heterocycles. The maximum Gasteiger partial charge on any atom is -0.255 e. The highest BCUT2D eigenvalue weighted by Gasteiger charge is 0.747. The summed E-state index contributed by atoms with van der Waals surface area (Å²) in [5.74, 6) is 0. The predicted octanol–water partition coefficient (Wildman–Crippen LogP) is -0.628. The Kier molecular flexibility index (Phi) is 8200. The van der Waals surface area contributed by atoms with Crippen LogP contribution in [0, 0.1) is 0 Å². The van der Waals surface area contributed by atoms with E-state index in [2.05, 4.69) is 0 Å². The highest BCUT2D eigenvalue weighted by atomic mass is 17.0. The van der Waals surface area contributed by atoms with Crippen molar-refractivity contribution in [3.63, 3.8) is 0 Å². The van der Waals surface area contributed by atoms with Crippen LogP contribution in [0.15, 0.2) is 0 Å². The molecule has 0 aromatic carbocycles. The van der Waals surface area contributed by atoms with E-state index < -0.39 is 0 Å². The third-order valence-corrected chi connectivity index (χ3v) is 0. The van der Waals surface area contributed by atoms with Gasteiger partial charge in [0.25, 0.3) is 0 Å². The SMILES string of the molecule is N.O.OO.OO. The first-order valence-corrected chi connectivity index (χ1v) is 0.400. The Morgan fingerprint density at radius 1 is 0.667 bits per heavy atom. The monoisotopic (exact) mass is 103 g/mol. The van der Waals surface area contributed by atoms with Crippen LogP contribution in [-0.2, 0) is 0 Å². The minimum atomic E-state index is 0. The lowest BCUT2D eigenvalue weighted by atomic mass is 14.0. The number of hydrogen-bond donors (Lipinski definition) is 5. The van der Waals surface area contributed by atoms with Gasteiger partial charge in [0.1, 0.15) is 0 Å². The van der Waals surface area contributed by atoms with Gasteiger partial charge >= 0.3 is 0 Å². The van der Waals surface area contributed by atoms with Gasteiger partial charge in [-0.2, -0.15) is 0 Å². The lowest BCUT2D eigenvalue weighted by Crippen LogP contribution is -1.29. The van der Waals surface area contributed by atoms with Gasteiger partial charge in [-0.15, -0.1) is 0 Å². The van der Waals surface area contributed by atoms with Gasteiger partial charge in [0.15, 0.2) is 0 Å². The van der Waals surface area contributed by atoms with Crippen molar-refractivity contribution in [2.45, 2.75) is 0 Å². The molecule has 6 heteroatoms.